The van der Waals surface area contributed by atoms with Crippen LogP contribution < -0.4 is 5.32 Å². The van der Waals surface area contributed by atoms with Crippen LogP contribution in [0.25, 0.3) is 0 Å². The Morgan fingerprint density at radius 2 is 1.64 bits per heavy atom. The third-order valence-corrected chi connectivity index (χ3v) is 5.19. The Labute approximate surface area is 145 Å². The molecule has 0 aromatic heterocycles. The molecule has 124 valence electrons. The van der Waals surface area contributed by atoms with Crippen molar-refractivity contribution in [2.45, 2.75) is 31.7 Å². The third-order valence-electron chi connectivity index (χ3n) is 4.73. The summed E-state index contributed by atoms with van der Waals surface area (Å²) in [5.41, 5.74) is 0.270. The lowest BCUT2D eigenvalue weighted by Gasteiger charge is -2.38. The van der Waals surface area contributed by atoms with Gasteiger partial charge >= 0.3 is 0 Å². The number of hydrogen-bond donors (Lipinski definition) is 1. The van der Waals surface area contributed by atoms with Gasteiger partial charge in [0.15, 0.2) is 0 Å². The lowest BCUT2D eigenvalue weighted by Crippen LogP contribution is -2.47. The molecule has 6 heteroatoms. The smallest absolute Gasteiger partial charge is 0.132 e. The Kier molecular flexibility index (Phi) is 6.62. The standard InChI is InChI=1S/C16H21BrF2N2.ClH/c17-12-9-13(18)15(14(19)10-12)16(11-3-1-2-4-11)21-7-5-20-6-8-21;/h9-11,16,20H,1-8H2;1H/t16-;/m0./s1. The van der Waals surface area contributed by atoms with Crippen LogP contribution in [-0.4, -0.2) is 31.1 Å². The molecule has 0 unspecified atom stereocenters. The zero-order valence-corrected chi connectivity index (χ0v) is 14.9. The van der Waals surface area contributed by atoms with E-state index < -0.39 is 11.6 Å². The van der Waals surface area contributed by atoms with E-state index in [0.29, 0.717) is 10.4 Å². The van der Waals surface area contributed by atoms with Crippen LogP contribution in [-0.2, 0) is 0 Å². The van der Waals surface area contributed by atoms with E-state index in [1.807, 2.05) is 0 Å². The van der Waals surface area contributed by atoms with Crippen LogP contribution in [0.15, 0.2) is 16.6 Å². The minimum atomic E-state index is -0.419. The summed E-state index contributed by atoms with van der Waals surface area (Å²) in [4.78, 5) is 2.27. The maximum absolute atomic E-state index is 14.5. The molecule has 1 aliphatic heterocycles. The maximum Gasteiger partial charge on any atom is 0.132 e. The number of hydrogen-bond acceptors (Lipinski definition) is 2. The molecule has 3 rings (SSSR count). The molecule has 22 heavy (non-hydrogen) atoms. The van der Waals surface area contributed by atoms with E-state index in [1.54, 1.807) is 0 Å². The van der Waals surface area contributed by atoms with Gasteiger partial charge < -0.3 is 5.32 Å². The summed E-state index contributed by atoms with van der Waals surface area (Å²) in [6, 6.07) is 2.66. The zero-order valence-electron chi connectivity index (χ0n) is 12.5. The largest absolute Gasteiger partial charge is 0.314 e. The van der Waals surface area contributed by atoms with Gasteiger partial charge in [-0.05, 0) is 30.9 Å². The van der Waals surface area contributed by atoms with Crippen LogP contribution in [0.4, 0.5) is 8.78 Å². The van der Waals surface area contributed by atoms with Crippen LogP contribution in [0.3, 0.4) is 0 Å². The summed E-state index contributed by atoms with van der Waals surface area (Å²) in [6.07, 6.45) is 4.49. The highest BCUT2D eigenvalue weighted by Crippen LogP contribution is 2.41. The van der Waals surface area contributed by atoms with Gasteiger partial charge in [0, 0.05) is 42.3 Å². The predicted molar refractivity (Wildman–Crippen MR) is 90.4 cm³/mol. The van der Waals surface area contributed by atoms with E-state index >= 15 is 0 Å². The second kappa shape index (κ2) is 8.04. The Bertz CT molecular complexity index is 480. The van der Waals surface area contributed by atoms with Crippen LogP contribution in [0, 0.1) is 17.6 Å². The summed E-state index contributed by atoms with van der Waals surface area (Å²) < 4.78 is 29.4. The van der Waals surface area contributed by atoms with Gasteiger partial charge in [-0.25, -0.2) is 8.78 Å². The van der Waals surface area contributed by atoms with Crippen LogP contribution in [0.5, 0.6) is 0 Å². The van der Waals surface area contributed by atoms with E-state index in [0.717, 1.165) is 39.0 Å². The fraction of sp³-hybridized carbons (Fsp3) is 0.625. The predicted octanol–water partition coefficient (Wildman–Crippen LogP) is 4.29. The molecule has 0 amide bonds. The van der Waals surface area contributed by atoms with E-state index in [1.165, 1.54) is 25.0 Å². The molecule has 1 saturated carbocycles. The highest BCUT2D eigenvalue weighted by molar-refractivity contribution is 9.10. The van der Waals surface area contributed by atoms with Gasteiger partial charge in [0.25, 0.3) is 0 Å². The summed E-state index contributed by atoms with van der Waals surface area (Å²) in [6.45, 7) is 3.50. The molecule has 1 atom stereocenters. The van der Waals surface area contributed by atoms with Crippen LogP contribution in [0.1, 0.15) is 37.3 Å². The fourth-order valence-electron chi connectivity index (χ4n) is 3.79. The molecule has 2 fully saturated rings. The van der Waals surface area contributed by atoms with E-state index in [2.05, 4.69) is 26.1 Å². The lowest BCUT2D eigenvalue weighted by molar-refractivity contribution is 0.119. The maximum atomic E-state index is 14.5. The topological polar surface area (TPSA) is 15.3 Å². The van der Waals surface area contributed by atoms with Gasteiger partial charge in [-0.3, -0.25) is 4.90 Å². The van der Waals surface area contributed by atoms with Gasteiger partial charge in [0.2, 0.25) is 0 Å². The molecule has 1 saturated heterocycles. The molecule has 2 nitrogen and oxygen atoms in total. The average Bonchev–Trinajstić information content (AvgIpc) is 2.97. The molecule has 1 N–H and O–H groups in total. The Hall–Kier alpha value is -0.230. The third kappa shape index (κ3) is 3.81. The van der Waals surface area contributed by atoms with Gasteiger partial charge in [-0.15, -0.1) is 12.4 Å². The monoisotopic (exact) mass is 394 g/mol. The van der Waals surface area contributed by atoms with Crippen molar-refractivity contribution >= 4 is 28.3 Å². The van der Waals surface area contributed by atoms with E-state index in [9.17, 15) is 8.78 Å². The molecule has 1 aliphatic carbocycles. The summed E-state index contributed by atoms with van der Waals surface area (Å²) in [5.74, 6) is -0.470. The van der Waals surface area contributed by atoms with Gasteiger partial charge in [0.05, 0.1) is 0 Å². The second-order valence-electron chi connectivity index (χ2n) is 6.06. The molecular formula is C16H22BrClF2N2. The molecule has 0 spiro atoms. The van der Waals surface area contributed by atoms with Crippen molar-refractivity contribution in [1.29, 1.82) is 0 Å². The van der Waals surface area contributed by atoms with Crippen molar-refractivity contribution in [1.82, 2.24) is 10.2 Å². The van der Waals surface area contributed by atoms with Crippen LogP contribution in [0.2, 0.25) is 0 Å². The SMILES string of the molecule is Cl.Fc1cc(Br)cc(F)c1[C@H](C1CCCC1)N1CCNCC1. The summed E-state index contributed by atoms with van der Waals surface area (Å²) in [5, 5.41) is 3.31. The van der Waals surface area contributed by atoms with Crippen LogP contribution >= 0.6 is 28.3 Å². The second-order valence-corrected chi connectivity index (χ2v) is 6.97. The highest BCUT2D eigenvalue weighted by Gasteiger charge is 2.35. The lowest BCUT2D eigenvalue weighted by atomic mass is 9.89. The van der Waals surface area contributed by atoms with E-state index in [-0.39, 0.29) is 24.0 Å². The van der Waals surface area contributed by atoms with Crippen molar-refractivity contribution in [3.8, 4) is 0 Å². The first kappa shape index (κ1) is 18.1. The first-order valence-corrected chi connectivity index (χ1v) is 8.55. The number of benzene rings is 1. The first-order chi connectivity index (χ1) is 10.2. The zero-order chi connectivity index (χ0) is 14.8. The van der Waals surface area contributed by atoms with Crippen molar-refractivity contribution < 1.29 is 8.78 Å². The normalized spacial score (nSPS) is 21.6. The van der Waals surface area contributed by atoms with Gasteiger partial charge in [0.1, 0.15) is 11.6 Å². The highest BCUT2D eigenvalue weighted by atomic mass is 79.9. The molecule has 0 bridgehead atoms. The molecule has 1 aromatic carbocycles. The quantitative estimate of drug-likeness (QED) is 0.821. The molecular weight excluding hydrogens is 374 g/mol. The molecule has 2 aliphatic rings. The minimum absolute atomic E-state index is 0. The number of rotatable bonds is 3. The Morgan fingerprint density at radius 3 is 2.18 bits per heavy atom. The van der Waals surface area contributed by atoms with Crippen molar-refractivity contribution in [3.05, 3.63) is 33.8 Å². The molecule has 1 aromatic rings. The van der Waals surface area contributed by atoms with Crippen molar-refractivity contribution in [3.63, 3.8) is 0 Å². The van der Waals surface area contributed by atoms with Gasteiger partial charge in [-0.1, -0.05) is 28.8 Å². The van der Waals surface area contributed by atoms with Crippen molar-refractivity contribution in [2.24, 2.45) is 5.92 Å². The number of nitrogens with one attached hydrogen (secondary N) is 1. The number of piperazine rings is 1. The Morgan fingerprint density at radius 1 is 1.09 bits per heavy atom. The minimum Gasteiger partial charge on any atom is -0.314 e. The number of halogens is 4. The van der Waals surface area contributed by atoms with Crippen molar-refractivity contribution in [2.75, 3.05) is 26.2 Å². The van der Waals surface area contributed by atoms with E-state index in [4.69, 9.17) is 0 Å². The first-order valence-electron chi connectivity index (χ1n) is 7.76. The summed E-state index contributed by atoms with van der Waals surface area (Å²) in [7, 11) is 0. The Balaban J connectivity index is 0.00000176. The molecule has 0 radical (unpaired) electrons. The van der Waals surface area contributed by atoms with Gasteiger partial charge in [-0.2, -0.15) is 0 Å². The molecule has 1 heterocycles. The fourth-order valence-corrected chi connectivity index (χ4v) is 4.19. The average molecular weight is 396 g/mol. The number of nitrogens with zero attached hydrogens (tertiary/aromatic N) is 1. The summed E-state index contributed by atoms with van der Waals surface area (Å²) >= 11 is 3.17.